The molecule has 0 spiro atoms. The van der Waals surface area contributed by atoms with Crippen LogP contribution in [0.3, 0.4) is 0 Å². The van der Waals surface area contributed by atoms with E-state index in [1.807, 2.05) is 0 Å². The number of hydrogen-bond donors (Lipinski definition) is 2. The number of carbonyl (C=O) groups is 1. The van der Waals surface area contributed by atoms with E-state index >= 15 is 0 Å². The zero-order valence-corrected chi connectivity index (χ0v) is 12.2. The van der Waals surface area contributed by atoms with Crippen LogP contribution in [0, 0.1) is 5.82 Å². The Morgan fingerprint density at radius 2 is 1.90 bits per heavy atom. The summed E-state index contributed by atoms with van der Waals surface area (Å²) in [4.78, 5) is 13.9. The highest BCUT2D eigenvalue weighted by atomic mass is 35.5. The van der Waals surface area contributed by atoms with Gasteiger partial charge in [-0.05, 0) is 24.1 Å². The minimum Gasteiger partial charge on any atom is -0.355 e. The summed E-state index contributed by atoms with van der Waals surface area (Å²) in [5, 5.41) is 6.15. The van der Waals surface area contributed by atoms with Crippen molar-refractivity contribution in [2.75, 3.05) is 39.3 Å². The van der Waals surface area contributed by atoms with E-state index in [0.717, 1.165) is 38.2 Å². The first-order valence-corrected chi connectivity index (χ1v) is 6.68. The van der Waals surface area contributed by atoms with E-state index in [2.05, 4.69) is 15.5 Å². The molecule has 0 radical (unpaired) electrons. The summed E-state index contributed by atoms with van der Waals surface area (Å²) in [6.07, 6.45) is 0.730. The lowest BCUT2D eigenvalue weighted by Gasteiger charge is -2.26. The Balaban J connectivity index is 0.00000200. The number of nitrogens with zero attached hydrogens (tertiary/aromatic N) is 1. The molecular formula is C14H21ClFN3O. The second kappa shape index (κ2) is 8.89. The summed E-state index contributed by atoms with van der Waals surface area (Å²) in [6.45, 7) is 4.80. The van der Waals surface area contributed by atoms with Gasteiger partial charge in [-0.25, -0.2) is 4.39 Å². The molecule has 2 rings (SSSR count). The summed E-state index contributed by atoms with van der Waals surface area (Å²) < 4.78 is 12.7. The first-order valence-electron chi connectivity index (χ1n) is 6.68. The van der Waals surface area contributed by atoms with Crippen molar-refractivity contribution >= 4 is 18.3 Å². The molecule has 112 valence electrons. The van der Waals surface area contributed by atoms with Crippen LogP contribution in [0.5, 0.6) is 0 Å². The van der Waals surface area contributed by atoms with Crippen molar-refractivity contribution in [3.05, 3.63) is 35.6 Å². The van der Waals surface area contributed by atoms with E-state index in [0.29, 0.717) is 13.1 Å². The van der Waals surface area contributed by atoms with Gasteiger partial charge in [-0.3, -0.25) is 9.69 Å². The normalized spacial score (nSPS) is 15.4. The van der Waals surface area contributed by atoms with Crippen molar-refractivity contribution in [2.24, 2.45) is 0 Å². The quantitative estimate of drug-likeness (QED) is 0.846. The van der Waals surface area contributed by atoms with Gasteiger partial charge in [0.15, 0.2) is 0 Å². The standard InChI is InChI=1S/C14H20FN3O.ClH/c15-13-3-1-12(2-4-13)5-6-17-14(19)11-18-9-7-16-8-10-18;/h1-4,16H,5-11H2,(H,17,19);1H. The summed E-state index contributed by atoms with van der Waals surface area (Å²) >= 11 is 0. The molecule has 4 nitrogen and oxygen atoms in total. The fourth-order valence-electron chi connectivity index (χ4n) is 2.13. The Morgan fingerprint density at radius 3 is 2.55 bits per heavy atom. The monoisotopic (exact) mass is 301 g/mol. The molecule has 0 unspecified atom stereocenters. The molecule has 0 bridgehead atoms. The highest BCUT2D eigenvalue weighted by Crippen LogP contribution is 2.02. The molecule has 20 heavy (non-hydrogen) atoms. The molecule has 1 aliphatic rings. The fraction of sp³-hybridized carbons (Fsp3) is 0.500. The Hall–Kier alpha value is -1.17. The van der Waals surface area contributed by atoms with E-state index in [9.17, 15) is 9.18 Å². The average Bonchev–Trinajstić information content (AvgIpc) is 2.42. The zero-order chi connectivity index (χ0) is 13.5. The number of hydrogen-bond acceptors (Lipinski definition) is 3. The van der Waals surface area contributed by atoms with Crippen molar-refractivity contribution in [3.63, 3.8) is 0 Å². The lowest BCUT2D eigenvalue weighted by molar-refractivity contribution is -0.122. The smallest absolute Gasteiger partial charge is 0.234 e. The number of rotatable bonds is 5. The maximum absolute atomic E-state index is 12.7. The lowest BCUT2D eigenvalue weighted by atomic mass is 10.1. The lowest BCUT2D eigenvalue weighted by Crippen LogP contribution is -2.47. The number of piperazine rings is 1. The third-order valence-corrected chi connectivity index (χ3v) is 3.23. The van der Waals surface area contributed by atoms with Crippen molar-refractivity contribution in [1.29, 1.82) is 0 Å². The average molecular weight is 302 g/mol. The molecule has 1 aromatic carbocycles. The number of amides is 1. The number of halogens is 2. The minimum atomic E-state index is -0.230. The van der Waals surface area contributed by atoms with Crippen molar-refractivity contribution in [3.8, 4) is 0 Å². The van der Waals surface area contributed by atoms with Gasteiger partial charge in [-0.15, -0.1) is 12.4 Å². The highest BCUT2D eigenvalue weighted by molar-refractivity contribution is 5.85. The molecule has 0 atom stereocenters. The molecule has 1 aliphatic heterocycles. The second-order valence-corrected chi connectivity index (χ2v) is 4.75. The van der Waals surface area contributed by atoms with E-state index in [-0.39, 0.29) is 24.1 Å². The van der Waals surface area contributed by atoms with Crippen LogP contribution in [0.4, 0.5) is 4.39 Å². The van der Waals surface area contributed by atoms with Crippen molar-refractivity contribution in [2.45, 2.75) is 6.42 Å². The first-order chi connectivity index (χ1) is 9.24. The second-order valence-electron chi connectivity index (χ2n) is 4.75. The molecule has 1 saturated heterocycles. The van der Waals surface area contributed by atoms with Gasteiger partial charge in [0.1, 0.15) is 5.82 Å². The molecule has 0 saturated carbocycles. The Labute approximate surface area is 125 Å². The summed E-state index contributed by atoms with van der Waals surface area (Å²) in [6, 6.07) is 6.38. The Kier molecular flexibility index (Phi) is 7.51. The van der Waals surface area contributed by atoms with Gasteiger partial charge in [0.05, 0.1) is 6.54 Å². The predicted octanol–water partition coefficient (Wildman–Crippen LogP) is 0.811. The van der Waals surface area contributed by atoms with Gasteiger partial charge in [0, 0.05) is 32.7 Å². The first kappa shape index (κ1) is 16.9. The van der Waals surface area contributed by atoms with Crippen LogP contribution in [0.25, 0.3) is 0 Å². The van der Waals surface area contributed by atoms with Crippen LogP contribution in [0.15, 0.2) is 24.3 Å². The van der Waals surface area contributed by atoms with Crippen molar-refractivity contribution < 1.29 is 9.18 Å². The number of nitrogens with one attached hydrogen (secondary N) is 2. The Bertz CT molecular complexity index is 407. The third-order valence-electron chi connectivity index (χ3n) is 3.23. The predicted molar refractivity (Wildman–Crippen MR) is 79.7 cm³/mol. The van der Waals surface area contributed by atoms with Gasteiger partial charge in [-0.2, -0.15) is 0 Å². The van der Waals surface area contributed by atoms with Crippen molar-refractivity contribution in [1.82, 2.24) is 15.5 Å². The maximum Gasteiger partial charge on any atom is 0.234 e. The molecule has 0 aliphatic carbocycles. The third kappa shape index (κ3) is 5.86. The summed E-state index contributed by atoms with van der Waals surface area (Å²) in [7, 11) is 0. The molecule has 6 heteroatoms. The maximum atomic E-state index is 12.7. The van der Waals surface area contributed by atoms with Gasteiger partial charge < -0.3 is 10.6 Å². The highest BCUT2D eigenvalue weighted by Gasteiger charge is 2.12. The molecule has 1 heterocycles. The van der Waals surface area contributed by atoms with Gasteiger partial charge >= 0.3 is 0 Å². The fourth-order valence-corrected chi connectivity index (χ4v) is 2.13. The largest absolute Gasteiger partial charge is 0.355 e. The van der Waals surface area contributed by atoms with Crippen LogP contribution in [-0.4, -0.2) is 50.1 Å². The topological polar surface area (TPSA) is 44.4 Å². The Morgan fingerprint density at radius 1 is 1.25 bits per heavy atom. The molecule has 2 N–H and O–H groups in total. The van der Waals surface area contributed by atoms with Crippen LogP contribution in [0.1, 0.15) is 5.56 Å². The summed E-state index contributed by atoms with van der Waals surface area (Å²) in [5.41, 5.74) is 1.03. The SMILES string of the molecule is Cl.O=C(CN1CCNCC1)NCCc1ccc(F)cc1. The number of benzene rings is 1. The molecular weight excluding hydrogens is 281 g/mol. The van der Waals surface area contributed by atoms with Crippen LogP contribution in [0.2, 0.25) is 0 Å². The van der Waals surface area contributed by atoms with E-state index in [1.54, 1.807) is 12.1 Å². The zero-order valence-electron chi connectivity index (χ0n) is 11.4. The van der Waals surface area contributed by atoms with Crippen LogP contribution in [-0.2, 0) is 11.2 Å². The molecule has 1 aromatic rings. The molecule has 1 amide bonds. The number of carbonyl (C=O) groups excluding carboxylic acids is 1. The summed E-state index contributed by atoms with van der Waals surface area (Å²) in [5.74, 6) is -0.171. The van der Waals surface area contributed by atoms with E-state index < -0.39 is 0 Å². The minimum absolute atomic E-state index is 0. The van der Waals surface area contributed by atoms with Gasteiger partial charge in [0.2, 0.25) is 5.91 Å². The van der Waals surface area contributed by atoms with E-state index in [1.165, 1.54) is 12.1 Å². The van der Waals surface area contributed by atoms with Crippen LogP contribution < -0.4 is 10.6 Å². The van der Waals surface area contributed by atoms with E-state index in [4.69, 9.17) is 0 Å². The van der Waals surface area contributed by atoms with Gasteiger partial charge in [-0.1, -0.05) is 12.1 Å². The molecule has 0 aromatic heterocycles. The molecule has 1 fully saturated rings. The van der Waals surface area contributed by atoms with Crippen LogP contribution >= 0.6 is 12.4 Å². The van der Waals surface area contributed by atoms with Gasteiger partial charge in [0.25, 0.3) is 0 Å².